The highest BCUT2D eigenvalue weighted by molar-refractivity contribution is 7.63. The average Bonchev–Trinajstić information content (AvgIpc) is 1.86. The van der Waals surface area contributed by atoms with Gasteiger partial charge in [-0.05, 0) is 39.0 Å². The van der Waals surface area contributed by atoms with Gasteiger partial charge in [0.1, 0.15) is 6.17 Å². The Kier molecular flexibility index (Phi) is 2.74. The summed E-state index contributed by atoms with van der Waals surface area (Å²) in [6.45, 7) is 3.55. The van der Waals surface area contributed by atoms with E-state index in [4.69, 9.17) is 0 Å². The maximum absolute atomic E-state index is 12.8. The molecule has 0 heterocycles. The summed E-state index contributed by atoms with van der Waals surface area (Å²) in [5.74, 6) is 0. The molecule has 0 amide bonds. The second-order valence-corrected chi connectivity index (χ2v) is 7.45. The summed E-state index contributed by atoms with van der Waals surface area (Å²) < 4.78 is 24.4. The Labute approximate surface area is 67.7 Å². The number of hydrogen-bond acceptors (Lipinski definition) is 1. The van der Waals surface area contributed by atoms with Gasteiger partial charge in [-0.1, -0.05) is 0 Å². The fourth-order valence-electron chi connectivity index (χ4n) is 1.67. The van der Waals surface area contributed by atoms with Crippen LogP contribution in [-0.2, 0) is 4.57 Å². The minimum atomic E-state index is -2.02. The Morgan fingerprint density at radius 1 is 1.36 bits per heavy atom. The first kappa shape index (κ1) is 9.25. The van der Waals surface area contributed by atoms with E-state index in [2.05, 4.69) is 0 Å². The van der Waals surface area contributed by atoms with Crippen molar-refractivity contribution in [2.24, 2.45) is 0 Å². The van der Waals surface area contributed by atoms with Crippen LogP contribution in [0.15, 0.2) is 0 Å². The minimum Gasteiger partial charge on any atom is -0.324 e. The van der Waals surface area contributed by atoms with Crippen molar-refractivity contribution in [3.8, 4) is 0 Å². The number of alkyl halides is 1. The van der Waals surface area contributed by atoms with Crippen molar-refractivity contribution in [2.75, 3.05) is 13.3 Å². The molecule has 11 heavy (non-hydrogen) atoms. The van der Waals surface area contributed by atoms with Gasteiger partial charge in [0, 0.05) is 5.66 Å². The van der Waals surface area contributed by atoms with E-state index in [1.54, 1.807) is 13.3 Å². The van der Waals surface area contributed by atoms with Gasteiger partial charge in [-0.2, -0.15) is 0 Å². The molecule has 1 fully saturated rings. The molecular formula is C8H16FOP. The molecule has 0 saturated heterocycles. The summed E-state index contributed by atoms with van der Waals surface area (Å²) in [7, 11) is -2.02. The first-order valence-electron chi connectivity index (χ1n) is 4.19. The SMILES string of the molecule is CP(C)(=O)C1CCCC(F)C1. The van der Waals surface area contributed by atoms with Crippen molar-refractivity contribution in [1.29, 1.82) is 0 Å². The monoisotopic (exact) mass is 178 g/mol. The first-order valence-corrected chi connectivity index (χ1v) is 6.86. The zero-order valence-electron chi connectivity index (χ0n) is 7.22. The molecule has 0 aromatic rings. The van der Waals surface area contributed by atoms with Gasteiger partial charge < -0.3 is 4.57 Å². The molecule has 2 atom stereocenters. The molecule has 0 aromatic carbocycles. The van der Waals surface area contributed by atoms with E-state index in [9.17, 15) is 8.96 Å². The molecule has 3 heteroatoms. The van der Waals surface area contributed by atoms with Crippen molar-refractivity contribution in [3.63, 3.8) is 0 Å². The summed E-state index contributed by atoms with van der Waals surface area (Å²) in [6, 6.07) is 0. The predicted octanol–water partition coefficient (Wildman–Crippen LogP) is 2.89. The lowest BCUT2D eigenvalue weighted by Crippen LogP contribution is -2.20. The Morgan fingerprint density at radius 3 is 2.36 bits per heavy atom. The van der Waals surface area contributed by atoms with E-state index in [0.29, 0.717) is 12.8 Å². The van der Waals surface area contributed by atoms with Crippen LogP contribution in [0.4, 0.5) is 4.39 Å². The third kappa shape index (κ3) is 2.59. The van der Waals surface area contributed by atoms with Crippen LogP contribution >= 0.6 is 7.14 Å². The van der Waals surface area contributed by atoms with Gasteiger partial charge in [-0.3, -0.25) is 0 Å². The second kappa shape index (κ2) is 3.26. The molecular weight excluding hydrogens is 162 g/mol. The summed E-state index contributed by atoms with van der Waals surface area (Å²) in [5.41, 5.74) is 0.159. The first-order chi connectivity index (χ1) is 5.00. The largest absolute Gasteiger partial charge is 0.324 e. The van der Waals surface area contributed by atoms with Crippen LogP contribution in [0, 0.1) is 0 Å². The Bertz CT molecular complexity index is 175. The van der Waals surface area contributed by atoms with Crippen molar-refractivity contribution < 1.29 is 8.96 Å². The summed E-state index contributed by atoms with van der Waals surface area (Å²) in [5, 5.41) is 0. The zero-order valence-corrected chi connectivity index (χ0v) is 8.11. The molecule has 0 N–H and O–H groups in total. The highest BCUT2D eigenvalue weighted by atomic mass is 31.2. The Morgan fingerprint density at radius 2 is 2.00 bits per heavy atom. The zero-order chi connectivity index (χ0) is 8.48. The van der Waals surface area contributed by atoms with Gasteiger partial charge in [-0.15, -0.1) is 0 Å². The number of halogens is 1. The van der Waals surface area contributed by atoms with Crippen molar-refractivity contribution in [3.05, 3.63) is 0 Å². The molecule has 2 unspecified atom stereocenters. The molecule has 1 nitrogen and oxygen atoms in total. The Hall–Kier alpha value is 0.160. The molecule has 1 aliphatic carbocycles. The van der Waals surface area contributed by atoms with Crippen molar-refractivity contribution in [1.82, 2.24) is 0 Å². The molecule has 1 aliphatic rings. The quantitative estimate of drug-likeness (QED) is 0.564. The summed E-state index contributed by atoms with van der Waals surface area (Å²) in [6.07, 6.45) is 2.39. The van der Waals surface area contributed by atoms with E-state index in [1.807, 2.05) is 0 Å². The van der Waals surface area contributed by atoms with Crippen molar-refractivity contribution in [2.45, 2.75) is 37.5 Å². The van der Waals surface area contributed by atoms with E-state index in [1.165, 1.54) is 0 Å². The van der Waals surface area contributed by atoms with Crippen molar-refractivity contribution >= 4 is 7.14 Å². The van der Waals surface area contributed by atoms with E-state index in [-0.39, 0.29) is 5.66 Å². The third-order valence-electron chi connectivity index (χ3n) is 2.46. The van der Waals surface area contributed by atoms with Crippen LogP contribution in [0.3, 0.4) is 0 Å². The molecule has 1 saturated carbocycles. The second-order valence-electron chi connectivity index (χ2n) is 3.85. The number of hydrogen-bond donors (Lipinski definition) is 0. The fourth-order valence-corrected chi connectivity index (χ4v) is 3.21. The van der Waals surface area contributed by atoms with E-state index < -0.39 is 13.3 Å². The molecule has 0 aliphatic heterocycles. The van der Waals surface area contributed by atoms with Crippen LogP contribution in [0.25, 0.3) is 0 Å². The van der Waals surface area contributed by atoms with Crippen LogP contribution in [-0.4, -0.2) is 25.2 Å². The summed E-state index contributed by atoms with van der Waals surface area (Å²) in [4.78, 5) is 0. The highest BCUT2D eigenvalue weighted by Crippen LogP contribution is 2.49. The van der Waals surface area contributed by atoms with E-state index in [0.717, 1.165) is 12.8 Å². The lowest BCUT2D eigenvalue weighted by atomic mass is 9.98. The van der Waals surface area contributed by atoms with Gasteiger partial charge in [0.2, 0.25) is 0 Å². The topological polar surface area (TPSA) is 17.1 Å². The lowest BCUT2D eigenvalue weighted by molar-refractivity contribution is 0.252. The third-order valence-corrected chi connectivity index (χ3v) is 4.69. The van der Waals surface area contributed by atoms with Crippen LogP contribution in [0.2, 0.25) is 0 Å². The van der Waals surface area contributed by atoms with E-state index >= 15 is 0 Å². The highest BCUT2D eigenvalue weighted by Gasteiger charge is 2.29. The maximum atomic E-state index is 12.8. The van der Waals surface area contributed by atoms with Gasteiger partial charge in [0.15, 0.2) is 0 Å². The van der Waals surface area contributed by atoms with Gasteiger partial charge in [0.25, 0.3) is 0 Å². The molecule has 0 spiro atoms. The van der Waals surface area contributed by atoms with Crippen LogP contribution in [0.1, 0.15) is 25.7 Å². The lowest BCUT2D eigenvalue weighted by Gasteiger charge is -2.27. The minimum absolute atomic E-state index is 0.159. The van der Waals surface area contributed by atoms with Crippen LogP contribution < -0.4 is 0 Å². The predicted molar refractivity (Wildman–Crippen MR) is 46.6 cm³/mol. The fraction of sp³-hybridized carbons (Fsp3) is 1.00. The molecule has 1 rings (SSSR count). The van der Waals surface area contributed by atoms with Gasteiger partial charge in [0.05, 0.1) is 7.14 Å². The summed E-state index contributed by atoms with van der Waals surface area (Å²) >= 11 is 0. The molecule has 66 valence electrons. The molecule has 0 radical (unpaired) electrons. The number of rotatable bonds is 1. The standard InChI is InChI=1S/C8H16FOP/c1-11(2,10)8-5-3-4-7(9)6-8/h7-8H,3-6H2,1-2H3. The Balaban J connectivity index is 2.53. The van der Waals surface area contributed by atoms with Gasteiger partial charge in [-0.25, -0.2) is 4.39 Å². The average molecular weight is 178 g/mol. The molecule has 0 aromatic heterocycles. The maximum Gasteiger partial charge on any atom is 0.101 e. The molecule has 0 bridgehead atoms. The normalized spacial score (nSPS) is 33.7. The van der Waals surface area contributed by atoms with Crippen LogP contribution in [0.5, 0.6) is 0 Å². The van der Waals surface area contributed by atoms with Gasteiger partial charge >= 0.3 is 0 Å². The smallest absolute Gasteiger partial charge is 0.101 e.